The fourth-order valence-electron chi connectivity index (χ4n) is 2.67. The monoisotopic (exact) mass is 241 g/mol. The number of rotatable bonds is 5. The highest BCUT2D eigenvalue weighted by atomic mass is 16.2. The van der Waals surface area contributed by atoms with Crippen LogP contribution in [0, 0.1) is 5.92 Å². The zero-order valence-corrected chi connectivity index (χ0v) is 11.5. The summed E-state index contributed by atoms with van der Waals surface area (Å²) in [5, 5.41) is 0. The molecule has 0 spiro atoms. The molecule has 0 unspecified atom stereocenters. The molecule has 1 amide bonds. The molecule has 1 heterocycles. The Morgan fingerprint density at radius 2 is 2.24 bits per heavy atom. The van der Waals surface area contributed by atoms with E-state index in [-0.39, 0.29) is 5.91 Å². The molecule has 17 heavy (non-hydrogen) atoms. The largest absolute Gasteiger partial charge is 0.340 e. The molecule has 2 N–H and O–H groups in total. The normalized spacial score (nSPS) is 21.8. The second-order valence-corrected chi connectivity index (χ2v) is 5.36. The first-order chi connectivity index (χ1) is 8.04. The van der Waals surface area contributed by atoms with E-state index >= 15 is 0 Å². The van der Waals surface area contributed by atoms with Gasteiger partial charge in [-0.3, -0.25) is 4.79 Å². The molecule has 1 atom stereocenters. The van der Waals surface area contributed by atoms with Gasteiger partial charge in [0.05, 0.1) is 0 Å². The molecule has 1 fully saturated rings. The van der Waals surface area contributed by atoms with Gasteiger partial charge in [-0.15, -0.1) is 0 Å². The Morgan fingerprint density at radius 1 is 1.53 bits per heavy atom. The molecule has 0 aromatic rings. The number of piperidine rings is 1. The third-order valence-corrected chi connectivity index (χ3v) is 3.53. The van der Waals surface area contributed by atoms with Crippen molar-refractivity contribution in [2.24, 2.45) is 11.7 Å². The lowest BCUT2D eigenvalue weighted by molar-refractivity contribution is -0.131. The highest BCUT2D eigenvalue weighted by Crippen LogP contribution is 2.18. The minimum atomic E-state index is 0.191. The lowest BCUT2D eigenvalue weighted by Gasteiger charge is -2.36. The van der Waals surface area contributed by atoms with Crippen LogP contribution in [0.1, 0.15) is 33.6 Å². The molecule has 1 rings (SSSR count). The minimum absolute atomic E-state index is 0.191. The van der Waals surface area contributed by atoms with Crippen molar-refractivity contribution in [2.75, 3.05) is 32.7 Å². The predicted molar refractivity (Wildman–Crippen MR) is 70.7 cm³/mol. The van der Waals surface area contributed by atoms with Gasteiger partial charge in [0.25, 0.3) is 0 Å². The van der Waals surface area contributed by atoms with E-state index in [1.807, 2.05) is 4.90 Å². The molecule has 0 aromatic carbocycles. The predicted octanol–water partition coefficient (Wildman–Crippen LogP) is 0.914. The number of amides is 1. The van der Waals surface area contributed by atoms with Crippen molar-refractivity contribution in [3.05, 3.63) is 0 Å². The van der Waals surface area contributed by atoms with Gasteiger partial charge in [-0.05, 0) is 39.2 Å². The van der Waals surface area contributed by atoms with E-state index in [0.29, 0.717) is 12.0 Å². The fraction of sp³-hybridized carbons (Fsp3) is 0.923. The Hall–Kier alpha value is -0.610. The first-order valence-corrected chi connectivity index (χ1v) is 6.74. The zero-order chi connectivity index (χ0) is 12.8. The molecule has 4 heteroatoms. The molecule has 0 aliphatic carbocycles. The summed E-state index contributed by atoms with van der Waals surface area (Å²) in [4.78, 5) is 16.0. The average molecular weight is 241 g/mol. The fourth-order valence-corrected chi connectivity index (χ4v) is 2.67. The molecule has 0 saturated carbocycles. The number of nitrogens with zero attached hydrogens (tertiary/aromatic N) is 2. The van der Waals surface area contributed by atoms with Crippen LogP contribution in [0.15, 0.2) is 0 Å². The van der Waals surface area contributed by atoms with Crippen molar-refractivity contribution in [3.8, 4) is 0 Å². The minimum Gasteiger partial charge on any atom is -0.340 e. The Morgan fingerprint density at radius 3 is 2.76 bits per heavy atom. The van der Waals surface area contributed by atoms with Gasteiger partial charge in [0.15, 0.2) is 0 Å². The number of carbonyl (C=O) groups is 1. The van der Waals surface area contributed by atoms with Crippen molar-refractivity contribution >= 4 is 5.91 Å². The van der Waals surface area contributed by atoms with Crippen molar-refractivity contribution in [2.45, 2.75) is 39.7 Å². The summed E-state index contributed by atoms with van der Waals surface area (Å²) in [6, 6.07) is 0.303. The van der Waals surface area contributed by atoms with Crippen LogP contribution in [0.2, 0.25) is 0 Å². The maximum Gasteiger partial charge on any atom is 0.219 e. The molecule has 0 radical (unpaired) electrons. The van der Waals surface area contributed by atoms with Gasteiger partial charge >= 0.3 is 0 Å². The standard InChI is InChI=1S/C13H27N3O/c1-11(2)16(12(3)17)10-13-5-4-7-15(9-13)8-6-14/h11,13H,4-10,14H2,1-3H3/t13-/m0/s1. The molecule has 100 valence electrons. The van der Waals surface area contributed by atoms with E-state index in [1.165, 1.54) is 12.8 Å². The Balaban J connectivity index is 2.46. The van der Waals surface area contributed by atoms with E-state index in [2.05, 4.69) is 18.7 Å². The number of likely N-dealkylation sites (tertiary alicyclic amines) is 1. The van der Waals surface area contributed by atoms with Crippen molar-refractivity contribution in [1.82, 2.24) is 9.80 Å². The lowest BCUT2D eigenvalue weighted by Crippen LogP contribution is -2.45. The summed E-state index contributed by atoms with van der Waals surface area (Å²) in [5.41, 5.74) is 5.60. The maximum atomic E-state index is 11.6. The van der Waals surface area contributed by atoms with E-state index in [0.717, 1.165) is 32.7 Å². The number of hydrogen-bond acceptors (Lipinski definition) is 3. The number of hydrogen-bond donors (Lipinski definition) is 1. The quantitative estimate of drug-likeness (QED) is 0.778. The van der Waals surface area contributed by atoms with E-state index in [4.69, 9.17) is 5.73 Å². The summed E-state index contributed by atoms with van der Waals surface area (Å²) in [6.07, 6.45) is 2.46. The lowest BCUT2D eigenvalue weighted by atomic mass is 9.97. The van der Waals surface area contributed by atoms with Gasteiger partial charge in [0.2, 0.25) is 5.91 Å². The van der Waals surface area contributed by atoms with Crippen LogP contribution in [-0.2, 0) is 4.79 Å². The maximum absolute atomic E-state index is 11.6. The Bertz CT molecular complexity index is 241. The summed E-state index contributed by atoms with van der Waals surface area (Å²) in [5.74, 6) is 0.803. The van der Waals surface area contributed by atoms with Crippen molar-refractivity contribution < 1.29 is 4.79 Å². The molecule has 0 bridgehead atoms. The van der Waals surface area contributed by atoms with Crippen LogP contribution in [-0.4, -0.2) is 54.5 Å². The van der Waals surface area contributed by atoms with Crippen LogP contribution in [0.4, 0.5) is 0 Å². The molecular weight excluding hydrogens is 214 g/mol. The van der Waals surface area contributed by atoms with Crippen LogP contribution in [0.3, 0.4) is 0 Å². The van der Waals surface area contributed by atoms with Crippen LogP contribution in [0.25, 0.3) is 0 Å². The Labute approximate surface area is 105 Å². The highest BCUT2D eigenvalue weighted by molar-refractivity contribution is 5.73. The van der Waals surface area contributed by atoms with Gasteiger partial charge < -0.3 is 15.5 Å². The topological polar surface area (TPSA) is 49.6 Å². The first kappa shape index (κ1) is 14.5. The molecule has 1 aliphatic rings. The SMILES string of the molecule is CC(=O)N(C[C@H]1CCCN(CCN)C1)C(C)C. The molecule has 1 aliphatic heterocycles. The van der Waals surface area contributed by atoms with Crippen LogP contribution in [0.5, 0.6) is 0 Å². The summed E-state index contributed by atoms with van der Waals surface area (Å²) >= 11 is 0. The second-order valence-electron chi connectivity index (χ2n) is 5.36. The smallest absolute Gasteiger partial charge is 0.219 e. The summed E-state index contributed by atoms with van der Waals surface area (Å²) in [6.45, 7) is 10.7. The second kappa shape index (κ2) is 6.97. The van der Waals surface area contributed by atoms with Gasteiger partial charge in [-0.1, -0.05) is 0 Å². The molecule has 0 aromatic heterocycles. The Kier molecular flexibility index (Phi) is 5.92. The van der Waals surface area contributed by atoms with E-state index < -0.39 is 0 Å². The summed E-state index contributed by atoms with van der Waals surface area (Å²) in [7, 11) is 0. The van der Waals surface area contributed by atoms with Crippen LogP contribution < -0.4 is 5.73 Å². The molecule has 4 nitrogen and oxygen atoms in total. The highest BCUT2D eigenvalue weighted by Gasteiger charge is 2.23. The number of nitrogens with two attached hydrogens (primary N) is 1. The third kappa shape index (κ3) is 4.64. The van der Waals surface area contributed by atoms with Crippen molar-refractivity contribution in [3.63, 3.8) is 0 Å². The van der Waals surface area contributed by atoms with Gasteiger partial charge in [0.1, 0.15) is 0 Å². The average Bonchev–Trinajstić information content (AvgIpc) is 2.26. The van der Waals surface area contributed by atoms with Crippen molar-refractivity contribution in [1.29, 1.82) is 0 Å². The summed E-state index contributed by atoms with van der Waals surface area (Å²) < 4.78 is 0. The third-order valence-electron chi connectivity index (χ3n) is 3.53. The van der Waals surface area contributed by atoms with E-state index in [1.54, 1.807) is 6.92 Å². The van der Waals surface area contributed by atoms with Gasteiger partial charge in [-0.2, -0.15) is 0 Å². The van der Waals surface area contributed by atoms with E-state index in [9.17, 15) is 4.79 Å². The molecular formula is C13H27N3O. The first-order valence-electron chi connectivity index (χ1n) is 6.74. The molecule has 1 saturated heterocycles. The zero-order valence-electron chi connectivity index (χ0n) is 11.5. The number of carbonyl (C=O) groups excluding carboxylic acids is 1. The van der Waals surface area contributed by atoms with Gasteiger partial charge in [-0.25, -0.2) is 0 Å². The van der Waals surface area contributed by atoms with Gasteiger partial charge in [0, 0.05) is 39.1 Å². The van der Waals surface area contributed by atoms with Crippen LogP contribution >= 0.6 is 0 Å².